The summed E-state index contributed by atoms with van der Waals surface area (Å²) in [5.41, 5.74) is 4.67. The van der Waals surface area contributed by atoms with E-state index in [1.165, 1.54) is 11.1 Å². The lowest BCUT2D eigenvalue weighted by atomic mass is 9.98. The van der Waals surface area contributed by atoms with Crippen molar-refractivity contribution in [3.63, 3.8) is 0 Å². The summed E-state index contributed by atoms with van der Waals surface area (Å²) in [5, 5.41) is 14.5. The first-order valence-corrected chi connectivity index (χ1v) is 11.4. The Balaban J connectivity index is 1.43. The fourth-order valence-corrected chi connectivity index (χ4v) is 4.24. The number of amides is 2. The van der Waals surface area contributed by atoms with Crippen LogP contribution >= 0.6 is 0 Å². The van der Waals surface area contributed by atoms with Crippen molar-refractivity contribution in [3.05, 3.63) is 59.7 Å². The number of carboxylic acids is 1. The summed E-state index contributed by atoms with van der Waals surface area (Å²) in [4.78, 5) is 35.6. The van der Waals surface area contributed by atoms with Crippen LogP contribution in [0.3, 0.4) is 0 Å². The number of benzene rings is 2. The standard InChI is InChI=1S/C26H32N2O5/c1-16(2)24(25(30)31)28-23(29)14-8-9-17(3)27-26(32)33-15-22-20-12-6-4-10-18(20)19-11-5-7-13-21(19)22/h4-7,10-13,16-17,22,24H,8-9,14-15H2,1-3H3,(H,27,32)(H,28,29)(H,30,31)/t17?,24-/m0/s1. The summed E-state index contributed by atoms with van der Waals surface area (Å²) in [5.74, 6) is -1.53. The van der Waals surface area contributed by atoms with Crippen LogP contribution in [0.4, 0.5) is 4.79 Å². The van der Waals surface area contributed by atoms with Gasteiger partial charge in [0.15, 0.2) is 0 Å². The molecule has 0 bridgehead atoms. The van der Waals surface area contributed by atoms with Gasteiger partial charge in [0.05, 0.1) is 0 Å². The molecule has 0 aliphatic heterocycles. The van der Waals surface area contributed by atoms with Gasteiger partial charge in [-0.3, -0.25) is 4.79 Å². The molecular formula is C26H32N2O5. The van der Waals surface area contributed by atoms with Crippen LogP contribution < -0.4 is 10.6 Å². The minimum atomic E-state index is -1.04. The van der Waals surface area contributed by atoms with Crippen LogP contribution in [0.15, 0.2) is 48.5 Å². The number of carbonyl (C=O) groups excluding carboxylic acids is 2. The zero-order valence-corrected chi connectivity index (χ0v) is 19.3. The second kappa shape index (κ2) is 11.0. The summed E-state index contributed by atoms with van der Waals surface area (Å²) in [6, 6.07) is 15.3. The summed E-state index contributed by atoms with van der Waals surface area (Å²) >= 11 is 0. The normalized spacial score (nSPS) is 14.2. The number of ether oxygens (including phenoxy) is 1. The van der Waals surface area contributed by atoms with Crippen LogP contribution in [0.2, 0.25) is 0 Å². The molecule has 0 radical (unpaired) electrons. The van der Waals surface area contributed by atoms with Gasteiger partial charge in [-0.05, 0) is 47.9 Å². The van der Waals surface area contributed by atoms with Gasteiger partial charge in [-0.15, -0.1) is 0 Å². The number of hydrogen-bond donors (Lipinski definition) is 3. The Morgan fingerprint density at radius 1 is 0.939 bits per heavy atom. The molecule has 3 rings (SSSR count). The molecule has 2 aromatic carbocycles. The molecule has 1 aliphatic carbocycles. The molecule has 0 saturated carbocycles. The third-order valence-corrected chi connectivity index (χ3v) is 6.00. The molecule has 0 fully saturated rings. The van der Waals surface area contributed by atoms with E-state index >= 15 is 0 Å². The highest BCUT2D eigenvalue weighted by atomic mass is 16.5. The van der Waals surface area contributed by atoms with E-state index in [9.17, 15) is 14.4 Å². The van der Waals surface area contributed by atoms with Crippen molar-refractivity contribution in [3.8, 4) is 11.1 Å². The SMILES string of the molecule is CC(CCCC(=O)N[C@H](C(=O)O)C(C)C)NC(=O)OCC1c2ccccc2-c2ccccc21. The Morgan fingerprint density at radius 3 is 2.06 bits per heavy atom. The number of fused-ring (bicyclic) bond motifs is 3. The van der Waals surface area contributed by atoms with Gasteiger partial charge in [0.1, 0.15) is 12.6 Å². The van der Waals surface area contributed by atoms with Crippen molar-refractivity contribution in [2.45, 2.75) is 58.0 Å². The van der Waals surface area contributed by atoms with Gasteiger partial charge >= 0.3 is 12.1 Å². The van der Waals surface area contributed by atoms with E-state index in [4.69, 9.17) is 9.84 Å². The van der Waals surface area contributed by atoms with E-state index < -0.39 is 18.1 Å². The molecule has 0 saturated heterocycles. The lowest BCUT2D eigenvalue weighted by Crippen LogP contribution is -2.44. The molecule has 7 nitrogen and oxygen atoms in total. The van der Waals surface area contributed by atoms with Crippen molar-refractivity contribution in [1.82, 2.24) is 10.6 Å². The zero-order valence-electron chi connectivity index (χ0n) is 19.3. The van der Waals surface area contributed by atoms with Gasteiger partial charge in [-0.25, -0.2) is 9.59 Å². The van der Waals surface area contributed by atoms with Crippen LogP contribution in [0.25, 0.3) is 11.1 Å². The predicted molar refractivity (Wildman–Crippen MR) is 126 cm³/mol. The highest BCUT2D eigenvalue weighted by molar-refractivity contribution is 5.83. The van der Waals surface area contributed by atoms with E-state index in [1.54, 1.807) is 13.8 Å². The molecule has 1 aliphatic rings. The summed E-state index contributed by atoms with van der Waals surface area (Å²) in [6.07, 6.45) is 0.824. The number of rotatable bonds is 10. The van der Waals surface area contributed by atoms with Crippen LogP contribution in [0.1, 0.15) is 57.1 Å². The smallest absolute Gasteiger partial charge is 0.407 e. The average Bonchev–Trinajstić information content (AvgIpc) is 3.09. The molecule has 33 heavy (non-hydrogen) atoms. The number of aliphatic carboxylic acids is 1. The van der Waals surface area contributed by atoms with Crippen LogP contribution in [0.5, 0.6) is 0 Å². The molecule has 0 spiro atoms. The number of nitrogens with one attached hydrogen (secondary N) is 2. The molecule has 0 aromatic heterocycles. The number of hydrogen-bond acceptors (Lipinski definition) is 4. The largest absolute Gasteiger partial charge is 0.480 e. The van der Waals surface area contributed by atoms with Crippen molar-refractivity contribution in [2.75, 3.05) is 6.61 Å². The van der Waals surface area contributed by atoms with E-state index in [-0.39, 0.29) is 36.8 Å². The maximum Gasteiger partial charge on any atom is 0.407 e. The quantitative estimate of drug-likeness (QED) is 0.498. The molecule has 2 atom stereocenters. The minimum absolute atomic E-state index is 0.00490. The fourth-order valence-electron chi connectivity index (χ4n) is 4.24. The van der Waals surface area contributed by atoms with Crippen molar-refractivity contribution >= 4 is 18.0 Å². The van der Waals surface area contributed by atoms with Gasteiger partial charge in [-0.1, -0.05) is 62.4 Å². The fraction of sp³-hybridized carbons (Fsp3) is 0.423. The Morgan fingerprint density at radius 2 is 1.52 bits per heavy atom. The maximum atomic E-state index is 12.3. The number of alkyl carbamates (subject to hydrolysis) is 1. The Bertz CT molecular complexity index is 958. The van der Waals surface area contributed by atoms with Gasteiger partial charge in [-0.2, -0.15) is 0 Å². The summed E-state index contributed by atoms with van der Waals surface area (Å²) in [7, 11) is 0. The summed E-state index contributed by atoms with van der Waals surface area (Å²) in [6.45, 7) is 5.60. The lowest BCUT2D eigenvalue weighted by molar-refractivity contribution is -0.143. The molecule has 0 heterocycles. The van der Waals surface area contributed by atoms with Crippen LogP contribution in [0, 0.1) is 5.92 Å². The average molecular weight is 453 g/mol. The van der Waals surface area contributed by atoms with Crippen LogP contribution in [-0.2, 0) is 14.3 Å². The number of carboxylic acid groups (broad SMARTS) is 1. The molecular weight excluding hydrogens is 420 g/mol. The van der Waals surface area contributed by atoms with E-state index in [0.717, 1.165) is 11.1 Å². The molecule has 3 N–H and O–H groups in total. The third kappa shape index (κ3) is 6.12. The van der Waals surface area contributed by atoms with Crippen molar-refractivity contribution in [1.29, 1.82) is 0 Å². The highest BCUT2D eigenvalue weighted by Gasteiger charge is 2.29. The first kappa shape index (κ1) is 24.3. The lowest BCUT2D eigenvalue weighted by Gasteiger charge is -2.19. The predicted octanol–water partition coefficient (Wildman–Crippen LogP) is 4.31. The molecule has 1 unspecified atom stereocenters. The minimum Gasteiger partial charge on any atom is -0.480 e. The Kier molecular flexibility index (Phi) is 8.09. The summed E-state index contributed by atoms with van der Waals surface area (Å²) < 4.78 is 5.55. The van der Waals surface area contributed by atoms with Crippen molar-refractivity contribution < 1.29 is 24.2 Å². The van der Waals surface area contributed by atoms with E-state index in [0.29, 0.717) is 12.8 Å². The molecule has 2 aromatic rings. The second-order valence-electron chi connectivity index (χ2n) is 8.89. The van der Waals surface area contributed by atoms with Gasteiger partial charge < -0.3 is 20.5 Å². The maximum absolute atomic E-state index is 12.3. The monoisotopic (exact) mass is 452 g/mol. The van der Waals surface area contributed by atoms with E-state index in [1.807, 2.05) is 31.2 Å². The van der Waals surface area contributed by atoms with E-state index in [2.05, 4.69) is 34.9 Å². The van der Waals surface area contributed by atoms with Crippen LogP contribution in [-0.4, -0.2) is 41.8 Å². The first-order valence-electron chi connectivity index (χ1n) is 11.4. The molecule has 2 amide bonds. The van der Waals surface area contributed by atoms with Gasteiger partial charge in [0.25, 0.3) is 0 Å². The second-order valence-corrected chi connectivity index (χ2v) is 8.89. The van der Waals surface area contributed by atoms with Gasteiger partial charge in [0, 0.05) is 18.4 Å². The van der Waals surface area contributed by atoms with Gasteiger partial charge in [0.2, 0.25) is 5.91 Å². The molecule has 176 valence electrons. The molecule has 7 heteroatoms. The Labute approximate surface area is 194 Å². The Hall–Kier alpha value is -3.35. The van der Waals surface area contributed by atoms with Crippen molar-refractivity contribution in [2.24, 2.45) is 5.92 Å². The first-order chi connectivity index (χ1) is 15.8. The topological polar surface area (TPSA) is 105 Å². The highest BCUT2D eigenvalue weighted by Crippen LogP contribution is 2.44. The number of carbonyl (C=O) groups is 3. The third-order valence-electron chi connectivity index (χ3n) is 6.00. The zero-order chi connectivity index (χ0) is 24.0.